The van der Waals surface area contributed by atoms with Gasteiger partial charge >= 0.3 is 0 Å². The van der Waals surface area contributed by atoms with Gasteiger partial charge in [-0.15, -0.1) is 11.6 Å². The number of carbonyl (C=O) groups is 1. The van der Waals surface area contributed by atoms with E-state index in [2.05, 4.69) is 26.2 Å². The summed E-state index contributed by atoms with van der Waals surface area (Å²) < 4.78 is 2.86. The van der Waals surface area contributed by atoms with Gasteiger partial charge in [0.2, 0.25) is 5.91 Å². The lowest BCUT2D eigenvalue weighted by molar-refractivity contribution is -0.121. The van der Waals surface area contributed by atoms with Crippen molar-refractivity contribution in [2.75, 3.05) is 0 Å². The summed E-state index contributed by atoms with van der Waals surface area (Å²) in [6.07, 6.45) is 2.17. The molecule has 1 fully saturated rings. The lowest BCUT2D eigenvalue weighted by atomic mass is 10.3. The zero-order valence-electron chi connectivity index (χ0n) is 11.1. The van der Waals surface area contributed by atoms with Crippen LogP contribution in [0.2, 0.25) is 0 Å². The highest BCUT2D eigenvalue weighted by molar-refractivity contribution is 9.10. The summed E-state index contributed by atoms with van der Waals surface area (Å²) in [6.45, 7) is 2.13. The van der Waals surface area contributed by atoms with E-state index < -0.39 is 0 Å². The van der Waals surface area contributed by atoms with Crippen molar-refractivity contribution in [3.63, 3.8) is 0 Å². The fraction of sp³-hybridized carbons (Fsp3) is 0.429. The molecule has 0 aliphatic heterocycles. The minimum absolute atomic E-state index is 0.0216. The molecule has 0 bridgehead atoms. The number of benzene rings is 1. The molecule has 1 aromatic heterocycles. The second-order valence-electron chi connectivity index (χ2n) is 5.15. The minimum Gasteiger partial charge on any atom is -0.352 e. The quantitative estimate of drug-likeness (QED) is 0.854. The van der Waals surface area contributed by atoms with Crippen molar-refractivity contribution >= 4 is 44.5 Å². The molecule has 1 N–H and O–H groups in total. The molecule has 0 saturated heterocycles. The first kappa shape index (κ1) is 13.9. The van der Waals surface area contributed by atoms with Gasteiger partial charge in [-0.05, 0) is 38.0 Å². The number of rotatable bonds is 4. The average molecular weight is 357 g/mol. The van der Waals surface area contributed by atoms with E-state index in [9.17, 15) is 4.79 Å². The van der Waals surface area contributed by atoms with Gasteiger partial charge in [-0.2, -0.15) is 0 Å². The van der Waals surface area contributed by atoms with Gasteiger partial charge < -0.3 is 9.88 Å². The monoisotopic (exact) mass is 355 g/mol. The molecule has 6 heteroatoms. The molecule has 1 heterocycles. The molecule has 1 aliphatic carbocycles. The van der Waals surface area contributed by atoms with Gasteiger partial charge in [0.05, 0.1) is 16.4 Å². The third-order valence-corrected chi connectivity index (χ3v) is 4.03. The maximum Gasteiger partial charge on any atom is 0.240 e. The number of hydrogen-bond acceptors (Lipinski definition) is 2. The van der Waals surface area contributed by atoms with Crippen molar-refractivity contribution in [1.29, 1.82) is 0 Å². The predicted molar refractivity (Wildman–Crippen MR) is 82.9 cm³/mol. The number of fused-ring (bicyclic) bond motifs is 1. The van der Waals surface area contributed by atoms with Crippen LogP contribution in [0, 0.1) is 0 Å². The van der Waals surface area contributed by atoms with Crippen LogP contribution in [0.3, 0.4) is 0 Å². The number of carbonyl (C=O) groups excluding carboxylic acids is 1. The average Bonchev–Trinajstić information content (AvgIpc) is 3.11. The molecule has 1 atom stereocenters. The maximum atomic E-state index is 12.0. The normalized spacial score (nSPS) is 16.4. The van der Waals surface area contributed by atoms with Gasteiger partial charge in [0.1, 0.15) is 12.4 Å². The standard InChI is InChI=1S/C14H15BrClN3O/c1-8(16)14-18-11-6-9(15)2-5-12(11)19(14)7-13(20)17-10-3-4-10/h2,5-6,8,10H,3-4,7H2,1H3,(H,17,20). The van der Waals surface area contributed by atoms with E-state index in [-0.39, 0.29) is 17.8 Å². The lowest BCUT2D eigenvalue weighted by Crippen LogP contribution is -2.29. The largest absolute Gasteiger partial charge is 0.352 e. The molecule has 0 radical (unpaired) electrons. The highest BCUT2D eigenvalue weighted by Gasteiger charge is 2.24. The highest BCUT2D eigenvalue weighted by atomic mass is 79.9. The summed E-state index contributed by atoms with van der Waals surface area (Å²) in [5.74, 6) is 0.749. The Morgan fingerprint density at radius 1 is 1.60 bits per heavy atom. The first-order chi connectivity index (χ1) is 9.54. The second kappa shape index (κ2) is 5.37. The van der Waals surface area contributed by atoms with E-state index in [1.165, 1.54) is 0 Å². The van der Waals surface area contributed by atoms with E-state index >= 15 is 0 Å². The van der Waals surface area contributed by atoms with Gasteiger partial charge in [0.25, 0.3) is 0 Å². The Morgan fingerprint density at radius 3 is 3.00 bits per heavy atom. The predicted octanol–water partition coefficient (Wildman–Crippen LogP) is 3.38. The molecule has 1 aliphatic rings. The van der Waals surface area contributed by atoms with Crippen LogP contribution in [0.15, 0.2) is 22.7 Å². The van der Waals surface area contributed by atoms with E-state index in [0.29, 0.717) is 6.04 Å². The molecule has 1 unspecified atom stereocenters. The molecular formula is C14H15BrClN3O. The van der Waals surface area contributed by atoms with E-state index in [1.54, 1.807) is 0 Å². The molecule has 3 rings (SSSR count). The summed E-state index contributed by atoms with van der Waals surface area (Å²) in [4.78, 5) is 16.6. The molecule has 1 amide bonds. The summed E-state index contributed by atoms with van der Waals surface area (Å²) >= 11 is 9.63. The van der Waals surface area contributed by atoms with Gasteiger partial charge in [0, 0.05) is 10.5 Å². The molecule has 20 heavy (non-hydrogen) atoms. The Morgan fingerprint density at radius 2 is 2.35 bits per heavy atom. The topological polar surface area (TPSA) is 46.9 Å². The number of nitrogens with zero attached hydrogens (tertiary/aromatic N) is 2. The highest BCUT2D eigenvalue weighted by Crippen LogP contribution is 2.27. The zero-order chi connectivity index (χ0) is 14.3. The van der Waals surface area contributed by atoms with Crippen molar-refractivity contribution in [1.82, 2.24) is 14.9 Å². The summed E-state index contributed by atoms with van der Waals surface area (Å²) in [6, 6.07) is 6.21. The first-order valence-corrected chi connectivity index (χ1v) is 7.86. The lowest BCUT2D eigenvalue weighted by Gasteiger charge is -2.10. The van der Waals surface area contributed by atoms with Gasteiger partial charge in [-0.1, -0.05) is 15.9 Å². The van der Waals surface area contributed by atoms with Crippen molar-refractivity contribution in [2.45, 2.75) is 37.7 Å². The summed E-state index contributed by atoms with van der Waals surface area (Å²) in [5, 5.41) is 2.75. The Labute approximate surface area is 130 Å². The fourth-order valence-electron chi connectivity index (χ4n) is 2.24. The first-order valence-electron chi connectivity index (χ1n) is 6.63. The summed E-state index contributed by atoms with van der Waals surface area (Å²) in [7, 11) is 0. The van der Waals surface area contributed by atoms with Crippen molar-refractivity contribution in [3.8, 4) is 0 Å². The van der Waals surface area contributed by atoms with Crippen LogP contribution in [-0.2, 0) is 11.3 Å². The Hall–Kier alpha value is -1.07. The molecule has 2 aromatic rings. The third-order valence-electron chi connectivity index (χ3n) is 3.34. The number of nitrogens with one attached hydrogen (secondary N) is 1. The molecule has 106 valence electrons. The molecular weight excluding hydrogens is 342 g/mol. The summed E-state index contributed by atoms with van der Waals surface area (Å²) in [5.41, 5.74) is 1.78. The van der Waals surface area contributed by atoms with E-state index in [0.717, 1.165) is 34.2 Å². The Kier molecular flexibility index (Phi) is 3.73. The number of halogens is 2. The van der Waals surface area contributed by atoms with Crippen LogP contribution in [0.4, 0.5) is 0 Å². The van der Waals surface area contributed by atoms with Gasteiger partial charge in [-0.3, -0.25) is 4.79 Å². The van der Waals surface area contributed by atoms with E-state index in [1.807, 2.05) is 29.7 Å². The van der Waals surface area contributed by atoms with Crippen LogP contribution in [0.25, 0.3) is 11.0 Å². The molecule has 1 aromatic carbocycles. The van der Waals surface area contributed by atoms with Crippen molar-refractivity contribution in [3.05, 3.63) is 28.5 Å². The van der Waals surface area contributed by atoms with Crippen molar-refractivity contribution in [2.24, 2.45) is 0 Å². The SMILES string of the molecule is CC(Cl)c1nc2cc(Br)ccc2n1CC(=O)NC1CC1. The van der Waals surface area contributed by atoms with Gasteiger partial charge in [0.15, 0.2) is 0 Å². The van der Waals surface area contributed by atoms with Crippen LogP contribution < -0.4 is 5.32 Å². The van der Waals surface area contributed by atoms with E-state index in [4.69, 9.17) is 11.6 Å². The fourth-order valence-corrected chi connectivity index (χ4v) is 2.75. The Balaban J connectivity index is 1.97. The maximum absolute atomic E-state index is 12.0. The number of hydrogen-bond donors (Lipinski definition) is 1. The smallest absolute Gasteiger partial charge is 0.240 e. The molecule has 4 nitrogen and oxygen atoms in total. The van der Waals surface area contributed by atoms with Crippen LogP contribution in [0.1, 0.15) is 31.0 Å². The second-order valence-corrected chi connectivity index (χ2v) is 6.72. The number of alkyl halides is 1. The third kappa shape index (κ3) is 2.83. The molecule has 0 spiro atoms. The van der Waals surface area contributed by atoms with Crippen LogP contribution in [-0.4, -0.2) is 21.5 Å². The molecule has 1 saturated carbocycles. The Bertz CT molecular complexity index is 664. The van der Waals surface area contributed by atoms with Gasteiger partial charge in [-0.25, -0.2) is 4.98 Å². The minimum atomic E-state index is -0.241. The zero-order valence-corrected chi connectivity index (χ0v) is 13.4. The number of imidazole rings is 1. The van der Waals surface area contributed by atoms with Crippen LogP contribution >= 0.6 is 27.5 Å². The van der Waals surface area contributed by atoms with Crippen LogP contribution in [0.5, 0.6) is 0 Å². The number of amides is 1. The number of aromatic nitrogens is 2. The van der Waals surface area contributed by atoms with Crippen molar-refractivity contribution < 1.29 is 4.79 Å².